The van der Waals surface area contributed by atoms with Crippen LogP contribution in [0.2, 0.25) is 0 Å². The summed E-state index contributed by atoms with van der Waals surface area (Å²) in [6.45, 7) is 2.16. The van der Waals surface area contributed by atoms with Crippen LogP contribution >= 0.6 is 11.3 Å². The fourth-order valence-corrected chi connectivity index (χ4v) is 5.75. The molecule has 0 bridgehead atoms. The molecule has 8 heteroatoms. The van der Waals surface area contributed by atoms with Gasteiger partial charge in [-0.1, -0.05) is 6.92 Å². The zero-order chi connectivity index (χ0) is 19.6. The summed E-state index contributed by atoms with van der Waals surface area (Å²) in [5.74, 6) is -0.809. The highest BCUT2D eigenvalue weighted by molar-refractivity contribution is 7.91. The third kappa shape index (κ3) is 4.37. The second kappa shape index (κ2) is 7.79. The lowest BCUT2D eigenvalue weighted by Gasteiger charge is -2.17. The van der Waals surface area contributed by atoms with Crippen molar-refractivity contribution in [2.75, 3.05) is 11.1 Å². The van der Waals surface area contributed by atoms with Crippen LogP contribution in [-0.4, -0.2) is 20.1 Å². The number of carbonyl (C=O) groups excluding carboxylic acids is 1. The van der Waals surface area contributed by atoms with Gasteiger partial charge in [0.2, 0.25) is 5.91 Å². The van der Waals surface area contributed by atoms with Crippen molar-refractivity contribution in [3.8, 4) is 6.07 Å². The Hall–Kier alpha value is -2.24. The predicted octanol–water partition coefficient (Wildman–Crippen LogP) is 3.69. The number of amides is 1. The first-order valence-corrected chi connectivity index (χ1v) is 11.1. The number of benzene rings is 1. The highest BCUT2D eigenvalue weighted by Crippen LogP contribution is 2.39. The second-order valence-corrected chi connectivity index (χ2v) is 9.95. The zero-order valence-electron chi connectivity index (χ0n) is 14.8. The monoisotopic (exact) mass is 406 g/mol. The number of rotatable bonds is 5. The fraction of sp³-hybridized carbons (Fsp3) is 0.368. The van der Waals surface area contributed by atoms with Gasteiger partial charge in [0.05, 0.1) is 16.2 Å². The number of carbonyl (C=O) groups is 1. The molecular weight excluding hydrogens is 387 g/mol. The molecule has 142 valence electrons. The van der Waals surface area contributed by atoms with Gasteiger partial charge < -0.3 is 5.32 Å². The number of fused-ring (bicyclic) bond motifs is 1. The van der Waals surface area contributed by atoms with Crippen molar-refractivity contribution in [1.82, 2.24) is 0 Å². The number of nitriles is 1. The van der Waals surface area contributed by atoms with E-state index in [1.807, 2.05) is 0 Å². The smallest absolute Gasteiger partial charge is 0.226 e. The van der Waals surface area contributed by atoms with Gasteiger partial charge in [-0.3, -0.25) is 4.79 Å². The van der Waals surface area contributed by atoms with Gasteiger partial charge in [0.1, 0.15) is 16.9 Å². The van der Waals surface area contributed by atoms with E-state index >= 15 is 0 Å². The molecule has 2 aromatic rings. The minimum Gasteiger partial charge on any atom is -0.317 e. The third-order valence-corrected chi connectivity index (χ3v) is 7.55. The highest BCUT2D eigenvalue weighted by atomic mass is 32.2. The maximum absolute atomic E-state index is 12.9. The summed E-state index contributed by atoms with van der Waals surface area (Å²) in [5.41, 5.74) is 1.51. The molecule has 1 amide bonds. The quantitative estimate of drug-likeness (QED) is 0.767. The number of nitrogens with one attached hydrogen (secondary N) is 1. The zero-order valence-corrected chi connectivity index (χ0v) is 16.4. The molecule has 0 radical (unpaired) electrons. The summed E-state index contributed by atoms with van der Waals surface area (Å²) in [6, 6.07) is 6.69. The lowest BCUT2D eigenvalue weighted by atomic mass is 9.89. The van der Waals surface area contributed by atoms with E-state index in [-0.39, 0.29) is 17.1 Å². The Morgan fingerprint density at radius 3 is 2.74 bits per heavy atom. The Balaban J connectivity index is 1.68. The van der Waals surface area contributed by atoms with Crippen molar-refractivity contribution in [3.63, 3.8) is 0 Å². The number of hydrogen-bond donors (Lipinski definition) is 1. The molecule has 0 saturated carbocycles. The van der Waals surface area contributed by atoms with Crippen LogP contribution < -0.4 is 5.32 Å². The molecule has 27 heavy (non-hydrogen) atoms. The normalized spacial score (nSPS) is 16.4. The Labute approximate surface area is 161 Å². The molecule has 1 N–H and O–H groups in total. The molecule has 0 unspecified atom stereocenters. The van der Waals surface area contributed by atoms with Gasteiger partial charge in [-0.15, -0.1) is 11.3 Å². The van der Waals surface area contributed by atoms with Gasteiger partial charge in [-0.25, -0.2) is 12.8 Å². The lowest BCUT2D eigenvalue weighted by molar-refractivity contribution is -0.115. The summed E-state index contributed by atoms with van der Waals surface area (Å²) < 4.78 is 37.5. The molecule has 1 aliphatic rings. The van der Waals surface area contributed by atoms with Crippen molar-refractivity contribution in [1.29, 1.82) is 5.26 Å². The summed E-state index contributed by atoms with van der Waals surface area (Å²) in [7, 11) is -3.68. The van der Waals surface area contributed by atoms with Crippen molar-refractivity contribution >= 4 is 32.1 Å². The van der Waals surface area contributed by atoms with Crippen molar-refractivity contribution < 1.29 is 17.6 Å². The number of thiophene rings is 1. The van der Waals surface area contributed by atoms with Crippen LogP contribution in [0.25, 0.3) is 0 Å². The third-order valence-electron chi connectivity index (χ3n) is 4.65. The summed E-state index contributed by atoms with van der Waals surface area (Å²) in [6.07, 6.45) is 2.50. The van der Waals surface area contributed by atoms with Crippen LogP contribution in [0.1, 0.15) is 35.8 Å². The fourth-order valence-electron chi connectivity index (χ4n) is 3.13. The minimum atomic E-state index is -3.68. The Morgan fingerprint density at radius 1 is 1.37 bits per heavy atom. The minimum absolute atomic E-state index is 0.0185. The van der Waals surface area contributed by atoms with E-state index in [1.165, 1.54) is 23.5 Å². The second-order valence-electron chi connectivity index (χ2n) is 6.74. The van der Waals surface area contributed by atoms with Crippen LogP contribution in [-0.2, 0) is 27.5 Å². The van der Waals surface area contributed by atoms with Crippen LogP contribution in [0.15, 0.2) is 29.2 Å². The van der Waals surface area contributed by atoms with Crippen molar-refractivity contribution in [2.45, 2.75) is 37.5 Å². The van der Waals surface area contributed by atoms with Crippen LogP contribution in [0.3, 0.4) is 0 Å². The molecule has 1 heterocycles. The molecule has 0 fully saturated rings. The Bertz CT molecular complexity index is 1000. The van der Waals surface area contributed by atoms with Crippen LogP contribution in [0.5, 0.6) is 0 Å². The molecule has 1 aromatic carbocycles. The first-order valence-electron chi connectivity index (χ1n) is 8.63. The predicted molar refractivity (Wildman–Crippen MR) is 102 cm³/mol. The maximum Gasteiger partial charge on any atom is 0.226 e. The topological polar surface area (TPSA) is 87.0 Å². The maximum atomic E-state index is 12.9. The average molecular weight is 407 g/mol. The average Bonchev–Trinajstić information content (AvgIpc) is 2.96. The summed E-state index contributed by atoms with van der Waals surface area (Å²) in [5, 5.41) is 12.7. The van der Waals surface area contributed by atoms with Gasteiger partial charge >= 0.3 is 0 Å². The number of halogens is 1. The first kappa shape index (κ1) is 19.5. The SMILES string of the molecule is C[C@H]1CCc2c(sc(NC(=O)CCS(=O)(=O)c3ccc(F)cc3)c2C#N)C1. The molecule has 1 aromatic heterocycles. The van der Waals surface area contributed by atoms with E-state index in [2.05, 4.69) is 18.3 Å². The molecule has 5 nitrogen and oxygen atoms in total. The van der Waals surface area contributed by atoms with Gasteiger partial charge in [0, 0.05) is 11.3 Å². The molecule has 0 spiro atoms. The van der Waals surface area contributed by atoms with E-state index < -0.39 is 21.6 Å². The number of anilines is 1. The molecular formula is C19H19FN2O3S2. The van der Waals surface area contributed by atoms with Crippen molar-refractivity contribution in [2.24, 2.45) is 5.92 Å². The Morgan fingerprint density at radius 2 is 2.07 bits per heavy atom. The van der Waals surface area contributed by atoms with E-state index in [0.29, 0.717) is 16.5 Å². The Kier molecular flexibility index (Phi) is 5.63. The standard InChI is InChI=1S/C19H19FN2O3S2/c1-12-2-7-15-16(11-21)19(26-17(15)10-12)22-18(23)8-9-27(24,25)14-5-3-13(20)4-6-14/h3-6,12H,2,7-10H2,1H3,(H,22,23)/t12-/m0/s1. The van der Waals surface area contributed by atoms with Gasteiger partial charge in [0.15, 0.2) is 9.84 Å². The molecule has 3 rings (SSSR count). The van der Waals surface area contributed by atoms with Crippen LogP contribution in [0.4, 0.5) is 9.39 Å². The van der Waals surface area contributed by atoms with Crippen molar-refractivity contribution in [3.05, 3.63) is 46.1 Å². The first-order chi connectivity index (χ1) is 12.8. The van der Waals surface area contributed by atoms with Gasteiger partial charge in [-0.2, -0.15) is 5.26 Å². The highest BCUT2D eigenvalue weighted by Gasteiger charge is 2.25. The largest absolute Gasteiger partial charge is 0.317 e. The van der Waals surface area contributed by atoms with Gasteiger partial charge in [0.25, 0.3) is 0 Å². The molecule has 0 aliphatic heterocycles. The van der Waals surface area contributed by atoms with E-state index in [9.17, 15) is 22.9 Å². The molecule has 1 atom stereocenters. The summed E-state index contributed by atoms with van der Waals surface area (Å²) >= 11 is 1.40. The van der Waals surface area contributed by atoms with E-state index in [0.717, 1.165) is 41.8 Å². The van der Waals surface area contributed by atoms with E-state index in [4.69, 9.17) is 0 Å². The van der Waals surface area contributed by atoms with Gasteiger partial charge in [-0.05, 0) is 55.0 Å². The number of nitrogens with zero attached hydrogens (tertiary/aromatic N) is 1. The summed E-state index contributed by atoms with van der Waals surface area (Å²) in [4.78, 5) is 13.4. The number of hydrogen-bond acceptors (Lipinski definition) is 5. The van der Waals surface area contributed by atoms with E-state index in [1.54, 1.807) is 0 Å². The lowest BCUT2D eigenvalue weighted by Crippen LogP contribution is -2.17. The number of sulfone groups is 1. The molecule has 0 saturated heterocycles. The van der Waals surface area contributed by atoms with Crippen LogP contribution in [0, 0.1) is 23.1 Å². The molecule has 1 aliphatic carbocycles.